The second-order valence-corrected chi connectivity index (χ2v) is 2.63. The van der Waals surface area contributed by atoms with Crippen LogP contribution in [0.4, 0.5) is 0 Å². The number of hydrogen-bond acceptors (Lipinski definition) is 3. The van der Waals surface area contributed by atoms with E-state index in [2.05, 4.69) is 11.3 Å². The lowest BCUT2D eigenvalue weighted by Gasteiger charge is -2.05. The number of ether oxygens (including phenoxy) is 1. The van der Waals surface area contributed by atoms with Gasteiger partial charge in [0.1, 0.15) is 0 Å². The summed E-state index contributed by atoms with van der Waals surface area (Å²) < 4.78 is 4.67. The summed E-state index contributed by atoms with van der Waals surface area (Å²) in [6, 6.07) is 0. The molecule has 0 amide bonds. The van der Waals surface area contributed by atoms with Gasteiger partial charge < -0.3 is 9.84 Å². The van der Waals surface area contributed by atoms with Crippen molar-refractivity contribution in [3.05, 3.63) is 12.7 Å². The van der Waals surface area contributed by atoms with Crippen LogP contribution >= 0.6 is 11.6 Å². The molecule has 3 nitrogen and oxygen atoms in total. The quantitative estimate of drug-likeness (QED) is 0.297. The summed E-state index contributed by atoms with van der Waals surface area (Å²) in [7, 11) is 0. The number of rotatable bonds is 6. The van der Waals surface area contributed by atoms with Gasteiger partial charge in [-0.2, -0.15) is 0 Å². The summed E-state index contributed by atoms with van der Waals surface area (Å²) in [5.74, 6) is -0.217. The molecule has 0 aliphatic heterocycles. The van der Waals surface area contributed by atoms with E-state index in [1.54, 1.807) is 0 Å². The Kier molecular flexibility index (Phi) is 6.81. The topological polar surface area (TPSA) is 46.5 Å². The zero-order valence-corrected chi connectivity index (χ0v) is 7.59. The Hall–Kier alpha value is -0.540. The molecular formula is C8H13ClO3. The largest absolute Gasteiger partial charge is 0.463 e. The summed E-state index contributed by atoms with van der Waals surface area (Å²) in [6.45, 7) is 3.55. The minimum absolute atomic E-state index is 0.218. The fraction of sp³-hybridized carbons (Fsp3) is 0.625. The molecular weight excluding hydrogens is 180 g/mol. The molecule has 0 saturated heterocycles. The van der Waals surface area contributed by atoms with E-state index >= 15 is 0 Å². The van der Waals surface area contributed by atoms with Crippen molar-refractivity contribution in [2.75, 3.05) is 12.5 Å². The zero-order chi connectivity index (χ0) is 9.40. The van der Waals surface area contributed by atoms with Gasteiger partial charge in [0.15, 0.2) is 0 Å². The fourth-order valence-electron chi connectivity index (χ4n) is 0.628. The second-order valence-electron chi connectivity index (χ2n) is 2.32. The van der Waals surface area contributed by atoms with Gasteiger partial charge >= 0.3 is 5.97 Å². The number of alkyl halides is 1. The molecule has 4 heteroatoms. The van der Waals surface area contributed by atoms with E-state index in [4.69, 9.17) is 16.7 Å². The van der Waals surface area contributed by atoms with Crippen molar-refractivity contribution in [1.82, 2.24) is 0 Å². The highest BCUT2D eigenvalue weighted by Crippen LogP contribution is 1.99. The molecule has 0 aromatic carbocycles. The van der Waals surface area contributed by atoms with Crippen LogP contribution in [0.15, 0.2) is 12.7 Å². The van der Waals surface area contributed by atoms with Gasteiger partial charge in [-0.15, -0.1) is 11.6 Å². The summed E-state index contributed by atoms with van der Waals surface area (Å²) in [5.41, 5.74) is 0. The lowest BCUT2D eigenvalue weighted by molar-refractivity contribution is -0.137. The predicted octanol–water partition coefficient (Wildman–Crippen LogP) is 1.10. The van der Waals surface area contributed by atoms with Gasteiger partial charge in [0.05, 0.1) is 12.7 Å². The molecule has 1 unspecified atom stereocenters. The van der Waals surface area contributed by atoms with Gasteiger partial charge in [-0.3, -0.25) is 0 Å². The highest BCUT2D eigenvalue weighted by atomic mass is 35.5. The maximum Gasteiger partial charge on any atom is 0.330 e. The lowest BCUT2D eigenvalue weighted by Crippen LogP contribution is -2.10. The molecule has 70 valence electrons. The number of carbonyl (C=O) groups is 1. The number of carbonyl (C=O) groups excluding carboxylic acids is 1. The van der Waals surface area contributed by atoms with Crippen molar-refractivity contribution >= 4 is 17.6 Å². The fourth-order valence-corrected chi connectivity index (χ4v) is 0.782. The molecule has 0 aromatic heterocycles. The smallest absolute Gasteiger partial charge is 0.330 e. The third-order valence-corrected chi connectivity index (χ3v) is 1.63. The summed E-state index contributed by atoms with van der Waals surface area (Å²) in [5, 5.41) is 8.99. The number of hydrogen-bond donors (Lipinski definition) is 1. The van der Waals surface area contributed by atoms with Gasteiger partial charge in [-0.05, 0) is 12.8 Å². The number of halogens is 1. The molecule has 0 rings (SSSR count). The Morgan fingerprint density at radius 2 is 2.42 bits per heavy atom. The van der Waals surface area contributed by atoms with Crippen LogP contribution in [0.2, 0.25) is 0 Å². The summed E-state index contributed by atoms with van der Waals surface area (Å²) in [6.07, 6.45) is 1.77. The Morgan fingerprint density at radius 1 is 1.75 bits per heavy atom. The van der Waals surface area contributed by atoms with Gasteiger partial charge in [0, 0.05) is 12.0 Å². The number of aliphatic hydroxyl groups excluding tert-OH is 1. The van der Waals surface area contributed by atoms with Crippen molar-refractivity contribution in [3.8, 4) is 0 Å². The first-order valence-corrected chi connectivity index (χ1v) is 4.27. The maximum atomic E-state index is 10.5. The molecule has 0 spiro atoms. The van der Waals surface area contributed by atoms with E-state index in [0.29, 0.717) is 19.4 Å². The zero-order valence-electron chi connectivity index (χ0n) is 6.83. The van der Waals surface area contributed by atoms with Gasteiger partial charge in [-0.1, -0.05) is 6.58 Å². The van der Waals surface area contributed by atoms with E-state index in [1.807, 2.05) is 0 Å². The Morgan fingerprint density at radius 3 is 2.92 bits per heavy atom. The van der Waals surface area contributed by atoms with Crippen LogP contribution < -0.4 is 0 Å². The first-order chi connectivity index (χ1) is 5.70. The molecule has 0 fully saturated rings. The molecule has 0 aromatic rings. The normalized spacial score (nSPS) is 12.2. The first kappa shape index (κ1) is 11.5. The van der Waals surface area contributed by atoms with Crippen molar-refractivity contribution in [2.24, 2.45) is 0 Å². The molecule has 12 heavy (non-hydrogen) atoms. The average molecular weight is 193 g/mol. The molecule has 0 saturated carbocycles. The van der Waals surface area contributed by atoms with E-state index in [1.165, 1.54) is 0 Å². The molecule has 0 bridgehead atoms. The SMILES string of the molecule is C=CC(=O)OCCCC(O)CCl. The third-order valence-electron chi connectivity index (χ3n) is 1.27. The van der Waals surface area contributed by atoms with Crippen LogP contribution in [0.5, 0.6) is 0 Å². The minimum atomic E-state index is -0.505. The van der Waals surface area contributed by atoms with Crippen LogP contribution in [-0.4, -0.2) is 29.7 Å². The van der Waals surface area contributed by atoms with E-state index < -0.39 is 12.1 Å². The molecule has 0 radical (unpaired) electrons. The van der Waals surface area contributed by atoms with E-state index in [0.717, 1.165) is 6.08 Å². The van der Waals surface area contributed by atoms with Crippen LogP contribution in [-0.2, 0) is 9.53 Å². The third kappa shape index (κ3) is 6.19. The summed E-state index contributed by atoms with van der Waals surface area (Å²) in [4.78, 5) is 10.5. The van der Waals surface area contributed by atoms with Crippen molar-refractivity contribution in [3.63, 3.8) is 0 Å². The second kappa shape index (κ2) is 7.13. The Balaban J connectivity index is 3.21. The Bertz CT molecular complexity index is 147. The van der Waals surface area contributed by atoms with Crippen LogP contribution in [0.1, 0.15) is 12.8 Å². The van der Waals surface area contributed by atoms with Gasteiger partial charge in [0.2, 0.25) is 0 Å². The minimum Gasteiger partial charge on any atom is -0.463 e. The maximum absolute atomic E-state index is 10.5. The highest BCUT2D eigenvalue weighted by Gasteiger charge is 2.01. The molecule has 1 N–H and O–H groups in total. The average Bonchev–Trinajstić information content (AvgIpc) is 2.11. The Labute approximate surface area is 77.0 Å². The first-order valence-electron chi connectivity index (χ1n) is 3.74. The van der Waals surface area contributed by atoms with Gasteiger partial charge in [-0.25, -0.2) is 4.79 Å². The van der Waals surface area contributed by atoms with Crippen LogP contribution in [0.25, 0.3) is 0 Å². The van der Waals surface area contributed by atoms with E-state index in [-0.39, 0.29) is 5.88 Å². The monoisotopic (exact) mass is 192 g/mol. The van der Waals surface area contributed by atoms with Crippen molar-refractivity contribution < 1.29 is 14.6 Å². The van der Waals surface area contributed by atoms with Crippen LogP contribution in [0.3, 0.4) is 0 Å². The predicted molar refractivity (Wildman–Crippen MR) is 47.1 cm³/mol. The van der Waals surface area contributed by atoms with Crippen LogP contribution in [0, 0.1) is 0 Å². The summed E-state index contributed by atoms with van der Waals surface area (Å²) >= 11 is 5.35. The van der Waals surface area contributed by atoms with Crippen molar-refractivity contribution in [2.45, 2.75) is 18.9 Å². The molecule has 0 aliphatic carbocycles. The highest BCUT2D eigenvalue weighted by molar-refractivity contribution is 6.18. The molecule has 0 aliphatic rings. The standard InChI is InChI=1S/C8H13ClO3/c1-2-8(11)12-5-3-4-7(10)6-9/h2,7,10H,1,3-6H2. The molecule has 1 atom stereocenters. The lowest BCUT2D eigenvalue weighted by atomic mass is 10.2. The number of esters is 1. The van der Waals surface area contributed by atoms with E-state index in [9.17, 15) is 4.79 Å². The molecule has 0 heterocycles. The number of aliphatic hydroxyl groups is 1. The van der Waals surface area contributed by atoms with Gasteiger partial charge in [0.25, 0.3) is 0 Å². The van der Waals surface area contributed by atoms with Crippen molar-refractivity contribution in [1.29, 1.82) is 0 Å².